The molecule has 1 saturated heterocycles. The molecular weight excluding hydrogens is 594 g/mol. The Morgan fingerprint density at radius 2 is 1.73 bits per heavy atom. The number of amides is 2. The van der Waals surface area contributed by atoms with Crippen LogP contribution in [-0.2, 0) is 27.2 Å². The van der Waals surface area contributed by atoms with Crippen LogP contribution in [0.2, 0.25) is 0 Å². The number of rotatable bonds is 9. The van der Waals surface area contributed by atoms with Gasteiger partial charge < -0.3 is 24.0 Å². The van der Waals surface area contributed by atoms with E-state index in [-0.39, 0.29) is 25.4 Å². The van der Waals surface area contributed by atoms with Gasteiger partial charge in [-0.2, -0.15) is 0 Å². The van der Waals surface area contributed by atoms with E-state index < -0.39 is 35.3 Å². The number of fused-ring (bicyclic) bond motifs is 1. The van der Waals surface area contributed by atoms with Crippen LogP contribution in [0, 0.1) is 17.0 Å². The lowest BCUT2D eigenvalue weighted by molar-refractivity contribution is -0.894. The van der Waals surface area contributed by atoms with Crippen LogP contribution in [0.4, 0.5) is 13.9 Å². The van der Waals surface area contributed by atoms with Crippen molar-refractivity contribution >= 4 is 34.3 Å². The van der Waals surface area contributed by atoms with Crippen molar-refractivity contribution in [1.29, 1.82) is 0 Å². The Hall–Kier alpha value is -4.10. The number of hydrogen-bond donors (Lipinski definition) is 1. The number of aromatic nitrogens is 1. The van der Waals surface area contributed by atoms with E-state index in [2.05, 4.69) is 19.1 Å². The molecule has 0 spiro atoms. The molecule has 10 nitrogen and oxygen atoms in total. The molecule has 2 amide bonds. The molecule has 1 aliphatic heterocycles. The maximum atomic E-state index is 13.9. The predicted octanol–water partition coefficient (Wildman–Crippen LogP) is 3.62. The zero-order valence-electron chi connectivity index (χ0n) is 25.1. The summed E-state index contributed by atoms with van der Waals surface area (Å²) < 4.78 is 40.1. The molecule has 0 radical (unpaired) electrons. The third-order valence-corrected chi connectivity index (χ3v) is 9.36. The number of hydrogen-bond acceptors (Lipinski definition) is 7. The quantitative estimate of drug-likeness (QED) is 0.360. The summed E-state index contributed by atoms with van der Waals surface area (Å²) in [4.78, 5) is 46.0. The summed E-state index contributed by atoms with van der Waals surface area (Å²) in [6.07, 6.45) is -0.556. The molecule has 44 heavy (non-hydrogen) atoms. The first-order valence-corrected chi connectivity index (χ1v) is 15.0. The van der Waals surface area contributed by atoms with Crippen LogP contribution in [-0.4, -0.2) is 98.3 Å². The topological polar surface area (TPSA) is 109 Å². The second-order valence-electron chi connectivity index (χ2n) is 12.0. The number of nitrogens with zero attached hydrogens (tertiary/aromatic N) is 4. The van der Waals surface area contributed by atoms with E-state index in [9.17, 15) is 28.3 Å². The number of quaternary nitrogens is 1. The Morgan fingerprint density at radius 1 is 1.09 bits per heavy atom. The van der Waals surface area contributed by atoms with E-state index in [1.54, 1.807) is 23.6 Å². The molecule has 1 aliphatic carbocycles. The van der Waals surface area contributed by atoms with Crippen LogP contribution in [0.25, 0.3) is 11.3 Å². The number of carbonyl (C=O) groups is 3. The Bertz CT molecular complexity index is 1570. The van der Waals surface area contributed by atoms with E-state index >= 15 is 0 Å². The summed E-state index contributed by atoms with van der Waals surface area (Å²) in [5.41, 5.74) is 0.570. The summed E-state index contributed by atoms with van der Waals surface area (Å²) in [6, 6.07) is 7.20. The minimum Gasteiger partial charge on any atom is -0.496 e. The lowest BCUT2D eigenvalue weighted by Crippen LogP contribution is -2.56. The average molecular weight is 630 g/mol. The lowest BCUT2D eigenvalue weighted by atomic mass is 9.80. The third kappa shape index (κ3) is 6.39. The van der Waals surface area contributed by atoms with Gasteiger partial charge in [0.15, 0.2) is 23.4 Å². The van der Waals surface area contributed by atoms with Gasteiger partial charge in [0.05, 0.1) is 64.9 Å². The number of piperazine rings is 1. The van der Waals surface area contributed by atoms with E-state index in [1.807, 2.05) is 4.90 Å². The van der Waals surface area contributed by atoms with Crippen molar-refractivity contribution in [1.82, 2.24) is 9.88 Å². The minimum atomic E-state index is -1.41. The zero-order valence-corrected chi connectivity index (χ0v) is 25.9. The molecule has 0 atom stereocenters. The molecule has 2 heterocycles. The van der Waals surface area contributed by atoms with Crippen molar-refractivity contribution in [3.05, 3.63) is 58.5 Å². The van der Waals surface area contributed by atoms with Crippen molar-refractivity contribution in [2.75, 3.05) is 65.9 Å². The Morgan fingerprint density at radius 3 is 2.32 bits per heavy atom. The SMILES string of the molecule is COc1cc(OCC(=O)N2CC[N+](C)(C)CC2)ccc1-c1csc(N(C)C(=O)C2(CC(=O)O)Cc3cc(F)c(F)cc3C2)n1. The summed E-state index contributed by atoms with van der Waals surface area (Å²) >= 11 is 1.19. The maximum absolute atomic E-state index is 13.9. The standard InChI is InChI=1S/C31H34F2N4O6S/c1-35(29(41)31(16-28(39)40)14-19-11-23(32)24(33)12-20(19)15-31)30-34-25(18-44-30)22-6-5-21(13-26(22)42-4)43-17-27(38)36-7-9-37(2,3)10-8-36/h5-6,11-13,18H,7-10,14-17H2,1-4H3/p+1. The van der Waals surface area contributed by atoms with Gasteiger partial charge in [-0.3, -0.25) is 19.3 Å². The maximum Gasteiger partial charge on any atom is 0.304 e. The van der Waals surface area contributed by atoms with Crippen LogP contribution >= 0.6 is 11.3 Å². The van der Waals surface area contributed by atoms with E-state index in [0.717, 1.165) is 29.7 Å². The Kier molecular flexibility index (Phi) is 8.63. The number of carboxylic acid groups (broad SMARTS) is 1. The second-order valence-corrected chi connectivity index (χ2v) is 12.9. The average Bonchev–Trinajstić information content (AvgIpc) is 3.60. The molecule has 0 bridgehead atoms. The molecule has 13 heteroatoms. The molecule has 1 aromatic heterocycles. The van der Waals surface area contributed by atoms with Gasteiger partial charge in [-0.15, -0.1) is 11.3 Å². The predicted molar refractivity (Wildman–Crippen MR) is 160 cm³/mol. The molecule has 1 fully saturated rings. The molecule has 3 aromatic rings. The fourth-order valence-corrected chi connectivity index (χ4v) is 6.63. The van der Waals surface area contributed by atoms with Gasteiger partial charge >= 0.3 is 5.97 Å². The zero-order chi connectivity index (χ0) is 31.8. The first kappa shape index (κ1) is 31.3. The normalized spacial score (nSPS) is 16.7. The van der Waals surface area contributed by atoms with Crippen LogP contribution in [0.15, 0.2) is 35.7 Å². The Labute approximate surface area is 258 Å². The van der Waals surface area contributed by atoms with Crippen molar-refractivity contribution in [3.8, 4) is 22.8 Å². The van der Waals surface area contributed by atoms with Gasteiger partial charge in [0.25, 0.3) is 5.91 Å². The van der Waals surface area contributed by atoms with Crippen LogP contribution in [0.1, 0.15) is 17.5 Å². The van der Waals surface area contributed by atoms with Gasteiger partial charge in [-0.25, -0.2) is 13.8 Å². The molecule has 1 N–H and O–H groups in total. The number of carbonyl (C=O) groups excluding carboxylic acids is 2. The highest BCUT2D eigenvalue weighted by atomic mass is 32.1. The Balaban J connectivity index is 1.30. The van der Waals surface area contributed by atoms with E-state index in [0.29, 0.717) is 52.1 Å². The first-order valence-electron chi connectivity index (χ1n) is 14.1. The highest BCUT2D eigenvalue weighted by Gasteiger charge is 2.48. The molecule has 2 aromatic carbocycles. The van der Waals surface area contributed by atoms with Gasteiger partial charge in [-0.1, -0.05) is 0 Å². The van der Waals surface area contributed by atoms with Crippen molar-refractivity contribution in [3.63, 3.8) is 0 Å². The summed E-state index contributed by atoms with van der Waals surface area (Å²) in [5.74, 6) is -2.94. The van der Waals surface area contributed by atoms with Gasteiger partial charge in [0.2, 0.25) is 5.91 Å². The number of ether oxygens (including phenoxy) is 2. The summed E-state index contributed by atoms with van der Waals surface area (Å²) in [5, 5.41) is 11.7. The molecule has 234 valence electrons. The highest BCUT2D eigenvalue weighted by Crippen LogP contribution is 2.43. The number of thiazole rings is 1. The van der Waals surface area contributed by atoms with E-state index in [1.165, 1.54) is 30.4 Å². The number of likely N-dealkylation sites (N-methyl/N-ethyl adjacent to an activating group) is 1. The molecule has 0 saturated carbocycles. The van der Waals surface area contributed by atoms with Crippen LogP contribution < -0.4 is 14.4 Å². The van der Waals surface area contributed by atoms with Crippen LogP contribution in [0.5, 0.6) is 11.5 Å². The minimum absolute atomic E-state index is 0.0278. The number of halogens is 2. The molecular formula is C31H35F2N4O6S+. The second kappa shape index (κ2) is 12.1. The van der Waals surface area contributed by atoms with Gasteiger partial charge in [0, 0.05) is 24.1 Å². The molecule has 0 unspecified atom stereocenters. The summed E-state index contributed by atoms with van der Waals surface area (Å²) in [6.45, 7) is 3.05. The molecule has 2 aliphatic rings. The van der Waals surface area contributed by atoms with Crippen molar-refractivity contribution in [2.24, 2.45) is 5.41 Å². The number of aliphatic carboxylic acids is 1. The van der Waals surface area contributed by atoms with Crippen molar-refractivity contribution in [2.45, 2.75) is 19.3 Å². The first-order chi connectivity index (χ1) is 20.8. The fraction of sp³-hybridized carbons (Fsp3) is 0.419. The molecule has 5 rings (SSSR count). The summed E-state index contributed by atoms with van der Waals surface area (Å²) in [7, 11) is 7.30. The van der Waals surface area contributed by atoms with Crippen molar-refractivity contribution < 1.29 is 42.2 Å². The van der Waals surface area contributed by atoms with Gasteiger partial charge in [-0.05, 0) is 48.2 Å². The lowest BCUT2D eigenvalue weighted by Gasteiger charge is -2.38. The number of carboxylic acids is 1. The van der Waals surface area contributed by atoms with Gasteiger partial charge in [0.1, 0.15) is 11.5 Å². The highest BCUT2D eigenvalue weighted by molar-refractivity contribution is 7.14. The van der Waals surface area contributed by atoms with Crippen LogP contribution in [0.3, 0.4) is 0 Å². The smallest absolute Gasteiger partial charge is 0.304 e. The number of anilines is 1. The number of benzene rings is 2. The largest absolute Gasteiger partial charge is 0.496 e. The monoisotopic (exact) mass is 629 g/mol. The third-order valence-electron chi connectivity index (χ3n) is 8.44. The van der Waals surface area contributed by atoms with E-state index in [4.69, 9.17) is 9.47 Å². The number of methoxy groups -OCH3 is 1. The fourth-order valence-electron chi connectivity index (χ4n) is 5.84.